The summed E-state index contributed by atoms with van der Waals surface area (Å²) in [4.78, 5) is 33.9. The molecule has 2 aromatic carbocycles. The lowest BCUT2D eigenvalue weighted by Crippen LogP contribution is -2.51. The first-order valence-electron chi connectivity index (χ1n) is 13.3. The molecule has 0 N–H and O–H groups in total. The Morgan fingerprint density at radius 2 is 1.50 bits per heavy atom. The van der Waals surface area contributed by atoms with Crippen molar-refractivity contribution in [3.05, 3.63) is 59.9 Å². The van der Waals surface area contributed by atoms with E-state index in [4.69, 9.17) is 0 Å². The smallest absolute Gasteiger partial charge is 0.244 e. The topological polar surface area (TPSA) is 47.1 Å². The van der Waals surface area contributed by atoms with Gasteiger partial charge >= 0.3 is 0 Å². The van der Waals surface area contributed by atoms with Gasteiger partial charge in [0.15, 0.2) is 0 Å². The molecule has 1 fully saturated rings. The van der Waals surface area contributed by atoms with Gasteiger partial charge in [0.2, 0.25) is 11.8 Å². The molecular formula is C29H41FN4O2. The van der Waals surface area contributed by atoms with Crippen LogP contribution in [0.5, 0.6) is 0 Å². The lowest BCUT2D eigenvalue weighted by Gasteiger charge is -2.41. The Kier molecular flexibility index (Phi) is 9.88. The summed E-state index contributed by atoms with van der Waals surface area (Å²) in [6.45, 7) is 12.1. The first kappa shape index (κ1) is 27.7. The van der Waals surface area contributed by atoms with Gasteiger partial charge in [-0.25, -0.2) is 4.39 Å². The van der Waals surface area contributed by atoms with Crippen LogP contribution in [0.2, 0.25) is 0 Å². The van der Waals surface area contributed by atoms with Gasteiger partial charge in [0, 0.05) is 57.9 Å². The van der Waals surface area contributed by atoms with Crippen LogP contribution in [-0.4, -0.2) is 67.9 Å². The fraction of sp³-hybridized carbons (Fsp3) is 0.517. The van der Waals surface area contributed by atoms with E-state index in [1.807, 2.05) is 69.0 Å². The van der Waals surface area contributed by atoms with E-state index in [2.05, 4.69) is 9.80 Å². The molecule has 0 saturated carbocycles. The lowest BCUT2D eigenvalue weighted by molar-refractivity contribution is -0.137. The van der Waals surface area contributed by atoms with Crippen molar-refractivity contribution >= 4 is 23.2 Å². The van der Waals surface area contributed by atoms with Crippen molar-refractivity contribution < 1.29 is 14.0 Å². The van der Waals surface area contributed by atoms with Gasteiger partial charge in [0.05, 0.1) is 5.69 Å². The number of nitrogens with zero attached hydrogens (tertiary/aromatic N) is 4. The number of carbonyl (C=O) groups excluding carboxylic acids is 2. The highest BCUT2D eigenvalue weighted by atomic mass is 19.1. The molecule has 196 valence electrons. The third-order valence-corrected chi connectivity index (χ3v) is 7.43. The fourth-order valence-electron chi connectivity index (χ4n) is 5.09. The zero-order valence-electron chi connectivity index (χ0n) is 22.4. The quantitative estimate of drug-likeness (QED) is 0.467. The van der Waals surface area contributed by atoms with E-state index in [0.29, 0.717) is 45.0 Å². The normalized spacial score (nSPS) is 15.1. The third-order valence-electron chi connectivity index (χ3n) is 7.43. The van der Waals surface area contributed by atoms with Crippen LogP contribution >= 0.6 is 0 Å². The molecule has 1 aliphatic heterocycles. The summed E-state index contributed by atoms with van der Waals surface area (Å²) >= 11 is 0. The molecule has 1 aliphatic rings. The van der Waals surface area contributed by atoms with Gasteiger partial charge in [-0.05, 0) is 50.5 Å². The van der Waals surface area contributed by atoms with Crippen molar-refractivity contribution in [1.29, 1.82) is 0 Å². The standard InChI is InChI=1S/C29H41FN4O2/c1-6-22(7-2)28(35)31(5)26-16-15-24(21-25(26)30)33-17-19-34(20-18-33)27(23-13-11-10-12-14-23)29(36)32(8-3)9-4/h10-16,21-22,27H,6-9,17-20H2,1-5H3. The van der Waals surface area contributed by atoms with Gasteiger partial charge in [-0.3, -0.25) is 14.5 Å². The van der Waals surface area contributed by atoms with Crippen molar-refractivity contribution in [3.63, 3.8) is 0 Å². The van der Waals surface area contributed by atoms with Crippen LogP contribution in [0, 0.1) is 11.7 Å². The van der Waals surface area contributed by atoms with E-state index in [-0.39, 0.29) is 23.8 Å². The SMILES string of the molecule is CCC(CC)C(=O)N(C)c1ccc(N2CCN(C(C(=O)N(CC)CC)c3ccccc3)CC2)cc1F. The zero-order chi connectivity index (χ0) is 26.2. The molecule has 2 amide bonds. The number of rotatable bonds is 10. The van der Waals surface area contributed by atoms with Crippen LogP contribution in [0.15, 0.2) is 48.5 Å². The van der Waals surface area contributed by atoms with Crippen molar-refractivity contribution in [1.82, 2.24) is 9.80 Å². The Hall–Kier alpha value is -2.93. The molecular weight excluding hydrogens is 455 g/mol. The molecule has 0 spiro atoms. The van der Waals surface area contributed by atoms with E-state index >= 15 is 4.39 Å². The summed E-state index contributed by atoms with van der Waals surface area (Å²) in [6, 6.07) is 14.8. The van der Waals surface area contributed by atoms with Gasteiger partial charge < -0.3 is 14.7 Å². The molecule has 3 rings (SSSR count). The monoisotopic (exact) mass is 496 g/mol. The highest BCUT2D eigenvalue weighted by Crippen LogP contribution is 2.29. The van der Waals surface area contributed by atoms with Crippen molar-refractivity contribution in [2.75, 3.05) is 56.1 Å². The van der Waals surface area contributed by atoms with E-state index in [1.165, 1.54) is 11.0 Å². The summed E-state index contributed by atoms with van der Waals surface area (Å²) in [7, 11) is 1.65. The molecule has 2 aromatic rings. The Labute approximate surface area is 215 Å². The average molecular weight is 497 g/mol. The molecule has 0 bridgehead atoms. The summed E-state index contributed by atoms with van der Waals surface area (Å²) < 4.78 is 15.1. The number of hydrogen-bond acceptors (Lipinski definition) is 4. The number of anilines is 2. The maximum absolute atomic E-state index is 15.1. The highest BCUT2D eigenvalue weighted by Gasteiger charge is 2.33. The molecule has 7 heteroatoms. The zero-order valence-corrected chi connectivity index (χ0v) is 22.4. The first-order chi connectivity index (χ1) is 17.4. The number of hydrogen-bond donors (Lipinski definition) is 0. The van der Waals surface area contributed by atoms with E-state index in [0.717, 1.165) is 24.1 Å². The Balaban J connectivity index is 1.73. The number of amides is 2. The molecule has 1 saturated heterocycles. The predicted octanol–water partition coefficient (Wildman–Crippen LogP) is 4.96. The van der Waals surface area contributed by atoms with Crippen molar-refractivity contribution in [2.24, 2.45) is 5.92 Å². The number of carbonyl (C=O) groups is 2. The summed E-state index contributed by atoms with van der Waals surface area (Å²) in [5, 5.41) is 0. The summed E-state index contributed by atoms with van der Waals surface area (Å²) in [6.07, 6.45) is 1.48. The largest absolute Gasteiger partial charge is 0.369 e. The van der Waals surface area contributed by atoms with Gasteiger partial charge in [0.25, 0.3) is 0 Å². The maximum atomic E-state index is 15.1. The Bertz CT molecular complexity index is 1000. The van der Waals surface area contributed by atoms with Crippen LogP contribution in [-0.2, 0) is 9.59 Å². The van der Waals surface area contributed by atoms with E-state index < -0.39 is 5.82 Å². The third kappa shape index (κ3) is 6.06. The molecule has 0 radical (unpaired) electrons. The van der Waals surface area contributed by atoms with Crippen molar-refractivity contribution in [2.45, 2.75) is 46.6 Å². The number of piperazine rings is 1. The van der Waals surface area contributed by atoms with E-state index in [1.54, 1.807) is 13.1 Å². The summed E-state index contributed by atoms with van der Waals surface area (Å²) in [5.74, 6) is -0.417. The second kappa shape index (κ2) is 12.9. The molecule has 0 aromatic heterocycles. The van der Waals surface area contributed by atoms with E-state index in [9.17, 15) is 9.59 Å². The summed E-state index contributed by atoms with van der Waals surface area (Å²) in [5.41, 5.74) is 2.11. The van der Waals surface area contributed by atoms with Crippen LogP contribution in [0.4, 0.5) is 15.8 Å². The second-order valence-corrected chi connectivity index (χ2v) is 9.39. The van der Waals surface area contributed by atoms with Gasteiger partial charge in [-0.2, -0.15) is 0 Å². The highest BCUT2D eigenvalue weighted by molar-refractivity contribution is 5.94. The van der Waals surface area contributed by atoms with Crippen LogP contribution < -0.4 is 9.80 Å². The van der Waals surface area contributed by atoms with Crippen LogP contribution in [0.1, 0.15) is 52.1 Å². The molecule has 1 heterocycles. The Morgan fingerprint density at radius 1 is 0.889 bits per heavy atom. The lowest BCUT2D eigenvalue weighted by atomic mass is 10.0. The Morgan fingerprint density at radius 3 is 2.03 bits per heavy atom. The molecule has 1 atom stereocenters. The molecule has 0 aliphatic carbocycles. The number of benzene rings is 2. The molecule has 6 nitrogen and oxygen atoms in total. The molecule has 36 heavy (non-hydrogen) atoms. The minimum Gasteiger partial charge on any atom is -0.369 e. The second-order valence-electron chi connectivity index (χ2n) is 9.39. The predicted molar refractivity (Wildman–Crippen MR) is 145 cm³/mol. The van der Waals surface area contributed by atoms with Crippen LogP contribution in [0.25, 0.3) is 0 Å². The number of likely N-dealkylation sites (N-methyl/N-ethyl adjacent to an activating group) is 1. The molecule has 1 unspecified atom stereocenters. The first-order valence-corrected chi connectivity index (χ1v) is 13.3. The van der Waals surface area contributed by atoms with Gasteiger partial charge in [0.1, 0.15) is 11.9 Å². The fourth-order valence-corrected chi connectivity index (χ4v) is 5.09. The average Bonchev–Trinajstić information content (AvgIpc) is 2.91. The van der Waals surface area contributed by atoms with Gasteiger partial charge in [-0.15, -0.1) is 0 Å². The minimum absolute atomic E-state index is 0.0508. The van der Waals surface area contributed by atoms with Crippen molar-refractivity contribution in [3.8, 4) is 0 Å². The maximum Gasteiger partial charge on any atom is 0.244 e. The van der Waals surface area contributed by atoms with Crippen LogP contribution in [0.3, 0.4) is 0 Å². The van der Waals surface area contributed by atoms with Gasteiger partial charge in [-0.1, -0.05) is 44.2 Å². The number of halogens is 1. The minimum atomic E-state index is -0.393.